The SMILES string of the molecule is CCN1CCCC1CNC(=O)c1c(CN2CCC(c3ccccc3)(c3ccccc3)CC2)ncn1Cc1ccc(Cl)cc1. The Kier molecular flexibility index (Phi) is 9.27. The zero-order chi connectivity index (χ0) is 29.6. The number of aromatic nitrogens is 2. The van der Waals surface area contributed by atoms with Crippen molar-refractivity contribution in [3.8, 4) is 0 Å². The highest BCUT2D eigenvalue weighted by atomic mass is 35.5. The Morgan fingerprint density at radius 3 is 2.19 bits per heavy atom. The number of likely N-dealkylation sites (tertiary alicyclic amines) is 2. The van der Waals surface area contributed by atoms with Gasteiger partial charge in [0.1, 0.15) is 5.69 Å². The highest BCUT2D eigenvalue weighted by molar-refractivity contribution is 6.30. The normalized spacial score (nSPS) is 19.0. The van der Waals surface area contributed by atoms with E-state index in [1.807, 2.05) is 35.2 Å². The molecule has 0 radical (unpaired) electrons. The van der Waals surface area contributed by atoms with Gasteiger partial charge in [0.2, 0.25) is 0 Å². The Morgan fingerprint density at radius 2 is 1.56 bits per heavy atom. The number of likely N-dealkylation sites (N-methyl/N-ethyl adjacent to an activating group) is 1. The molecule has 6 nitrogen and oxygen atoms in total. The van der Waals surface area contributed by atoms with Gasteiger partial charge in [-0.25, -0.2) is 4.98 Å². The maximum absolute atomic E-state index is 13.8. The van der Waals surface area contributed by atoms with Crippen molar-refractivity contribution in [3.05, 3.63) is 124 Å². The summed E-state index contributed by atoms with van der Waals surface area (Å²) in [5, 5.41) is 3.99. The molecule has 4 aromatic rings. The Labute approximate surface area is 260 Å². The summed E-state index contributed by atoms with van der Waals surface area (Å²) in [5.74, 6) is -0.0376. The van der Waals surface area contributed by atoms with Crippen molar-refractivity contribution in [2.45, 2.75) is 57.2 Å². The van der Waals surface area contributed by atoms with Crippen LogP contribution in [-0.2, 0) is 18.5 Å². The van der Waals surface area contributed by atoms with Gasteiger partial charge in [0, 0.05) is 36.1 Å². The smallest absolute Gasteiger partial charge is 0.269 e. The summed E-state index contributed by atoms with van der Waals surface area (Å²) >= 11 is 6.14. The number of halogens is 1. The summed E-state index contributed by atoms with van der Waals surface area (Å²) in [5.41, 5.74) is 5.34. The van der Waals surface area contributed by atoms with Crippen LogP contribution in [0.2, 0.25) is 5.02 Å². The van der Waals surface area contributed by atoms with Crippen LogP contribution in [0.25, 0.3) is 0 Å². The van der Waals surface area contributed by atoms with E-state index in [1.165, 1.54) is 17.5 Å². The summed E-state index contributed by atoms with van der Waals surface area (Å²) in [4.78, 5) is 23.6. The molecule has 2 aliphatic rings. The van der Waals surface area contributed by atoms with E-state index in [-0.39, 0.29) is 11.3 Å². The lowest BCUT2D eigenvalue weighted by Crippen LogP contribution is -2.43. The predicted octanol–water partition coefficient (Wildman–Crippen LogP) is 6.38. The summed E-state index contributed by atoms with van der Waals surface area (Å²) < 4.78 is 2.00. The van der Waals surface area contributed by atoms with Crippen molar-refractivity contribution in [2.75, 3.05) is 32.7 Å². The summed E-state index contributed by atoms with van der Waals surface area (Å²) in [6.07, 6.45) is 6.18. The number of benzene rings is 3. The van der Waals surface area contributed by atoms with E-state index in [2.05, 4.69) is 82.7 Å². The van der Waals surface area contributed by atoms with Crippen molar-refractivity contribution in [3.63, 3.8) is 0 Å². The fraction of sp³-hybridized carbons (Fsp3) is 0.389. The largest absolute Gasteiger partial charge is 0.349 e. The molecule has 3 aromatic carbocycles. The van der Waals surface area contributed by atoms with Crippen LogP contribution in [0.3, 0.4) is 0 Å². The lowest BCUT2D eigenvalue weighted by Gasteiger charge is -2.43. The van der Waals surface area contributed by atoms with Gasteiger partial charge in [-0.3, -0.25) is 14.6 Å². The molecule has 2 aliphatic heterocycles. The molecule has 2 fully saturated rings. The van der Waals surface area contributed by atoms with Crippen LogP contribution in [0.4, 0.5) is 0 Å². The average molecular weight is 596 g/mol. The van der Waals surface area contributed by atoms with Crippen molar-refractivity contribution in [1.82, 2.24) is 24.7 Å². The highest BCUT2D eigenvalue weighted by Gasteiger charge is 2.38. The number of hydrogen-bond donors (Lipinski definition) is 1. The average Bonchev–Trinajstić information content (AvgIpc) is 3.68. The molecular weight excluding hydrogens is 554 g/mol. The molecule has 2 saturated heterocycles. The molecule has 0 bridgehead atoms. The van der Waals surface area contributed by atoms with E-state index in [0.29, 0.717) is 36.4 Å². The Morgan fingerprint density at radius 1 is 0.907 bits per heavy atom. The number of nitrogens with zero attached hydrogens (tertiary/aromatic N) is 4. The minimum absolute atomic E-state index is 0.0143. The second kappa shape index (κ2) is 13.5. The summed E-state index contributed by atoms with van der Waals surface area (Å²) in [7, 11) is 0. The van der Waals surface area contributed by atoms with Gasteiger partial charge in [-0.15, -0.1) is 0 Å². The third kappa shape index (κ3) is 6.57. The van der Waals surface area contributed by atoms with E-state index < -0.39 is 0 Å². The molecule has 224 valence electrons. The fourth-order valence-electron chi connectivity index (χ4n) is 7.11. The maximum atomic E-state index is 13.8. The van der Waals surface area contributed by atoms with Crippen molar-refractivity contribution in [1.29, 1.82) is 0 Å². The van der Waals surface area contributed by atoms with Crippen LogP contribution in [0, 0.1) is 0 Å². The lowest BCUT2D eigenvalue weighted by molar-refractivity contribution is 0.0928. The van der Waals surface area contributed by atoms with E-state index in [0.717, 1.165) is 56.7 Å². The van der Waals surface area contributed by atoms with Gasteiger partial charge in [-0.2, -0.15) is 0 Å². The number of carbonyl (C=O) groups is 1. The van der Waals surface area contributed by atoms with Crippen molar-refractivity contribution in [2.24, 2.45) is 0 Å². The quantitative estimate of drug-likeness (QED) is 0.231. The highest BCUT2D eigenvalue weighted by Crippen LogP contribution is 2.42. The molecule has 7 heteroatoms. The molecular formula is C36H42ClN5O. The molecule has 1 unspecified atom stereocenters. The van der Waals surface area contributed by atoms with Gasteiger partial charge in [0.05, 0.1) is 12.0 Å². The van der Waals surface area contributed by atoms with Crippen LogP contribution in [0.1, 0.15) is 65.5 Å². The van der Waals surface area contributed by atoms with E-state index in [9.17, 15) is 4.79 Å². The first-order valence-corrected chi connectivity index (χ1v) is 16.1. The molecule has 1 atom stereocenters. The van der Waals surface area contributed by atoms with Gasteiger partial charge in [0.15, 0.2) is 0 Å². The van der Waals surface area contributed by atoms with E-state index in [1.54, 1.807) is 0 Å². The Balaban J connectivity index is 1.21. The molecule has 1 amide bonds. The first kappa shape index (κ1) is 29.6. The minimum Gasteiger partial charge on any atom is -0.349 e. The monoisotopic (exact) mass is 595 g/mol. The number of nitrogens with one attached hydrogen (secondary N) is 1. The first-order chi connectivity index (χ1) is 21.1. The van der Waals surface area contributed by atoms with Gasteiger partial charge >= 0.3 is 0 Å². The topological polar surface area (TPSA) is 53.4 Å². The Hall–Kier alpha value is -3.45. The van der Waals surface area contributed by atoms with Crippen LogP contribution >= 0.6 is 11.6 Å². The Bertz CT molecular complexity index is 1440. The van der Waals surface area contributed by atoms with E-state index in [4.69, 9.17) is 16.6 Å². The lowest BCUT2D eigenvalue weighted by atomic mass is 9.68. The molecule has 6 rings (SSSR count). The molecule has 43 heavy (non-hydrogen) atoms. The van der Waals surface area contributed by atoms with Gasteiger partial charge in [0.25, 0.3) is 5.91 Å². The number of piperidine rings is 1. The van der Waals surface area contributed by atoms with Crippen molar-refractivity contribution >= 4 is 17.5 Å². The third-order valence-corrected chi connectivity index (χ3v) is 9.79. The summed E-state index contributed by atoms with van der Waals surface area (Å²) in [6.45, 7) is 8.08. The number of carbonyl (C=O) groups excluding carboxylic acids is 1. The fourth-order valence-corrected chi connectivity index (χ4v) is 7.23. The first-order valence-electron chi connectivity index (χ1n) is 15.7. The predicted molar refractivity (Wildman–Crippen MR) is 174 cm³/mol. The van der Waals surface area contributed by atoms with Gasteiger partial charge in [-0.05, 0) is 80.7 Å². The number of amides is 1. The third-order valence-electron chi connectivity index (χ3n) is 9.53. The minimum atomic E-state index is -0.0376. The van der Waals surface area contributed by atoms with Gasteiger partial charge in [-0.1, -0.05) is 91.3 Å². The molecule has 3 heterocycles. The second-order valence-corrected chi connectivity index (χ2v) is 12.5. The molecule has 0 aliphatic carbocycles. The van der Waals surface area contributed by atoms with Crippen LogP contribution in [0.15, 0.2) is 91.3 Å². The standard InChI is InChI=1S/C36H42ClN5O/c1-2-41-21-9-14-32(41)24-38-35(43)34-33(39-27-42(34)25-28-15-17-31(37)18-16-28)26-40-22-19-36(20-23-40,29-10-5-3-6-11-29)30-12-7-4-8-13-30/h3-8,10-13,15-18,27,32H,2,9,14,19-26H2,1H3,(H,38,43). The zero-order valence-electron chi connectivity index (χ0n) is 25.1. The van der Waals surface area contributed by atoms with Crippen LogP contribution in [0.5, 0.6) is 0 Å². The van der Waals surface area contributed by atoms with Crippen molar-refractivity contribution < 1.29 is 4.79 Å². The number of hydrogen-bond acceptors (Lipinski definition) is 4. The number of imidazole rings is 1. The summed E-state index contributed by atoms with van der Waals surface area (Å²) in [6, 6.07) is 30.1. The maximum Gasteiger partial charge on any atom is 0.269 e. The van der Waals surface area contributed by atoms with Crippen LogP contribution in [-0.4, -0.2) is 64.0 Å². The molecule has 1 N–H and O–H groups in total. The molecule has 1 aromatic heterocycles. The second-order valence-electron chi connectivity index (χ2n) is 12.0. The van der Waals surface area contributed by atoms with Gasteiger partial charge < -0.3 is 9.88 Å². The van der Waals surface area contributed by atoms with Crippen LogP contribution < -0.4 is 5.32 Å². The zero-order valence-corrected chi connectivity index (χ0v) is 25.8. The molecule has 0 saturated carbocycles. The molecule has 0 spiro atoms. The number of rotatable bonds is 10. The van der Waals surface area contributed by atoms with E-state index >= 15 is 0 Å².